The fraction of sp³-hybridized carbons (Fsp3) is 0.176. The molecule has 2 aromatic heterocycles. The molecular formula is C17H17F2N5O3S. The number of nitrogens with zero attached hydrogens (tertiary/aromatic N) is 2. The van der Waals surface area contributed by atoms with Crippen molar-refractivity contribution < 1.29 is 21.9 Å². The molecule has 0 radical (unpaired) electrons. The molecule has 0 saturated heterocycles. The number of fused-ring (bicyclic) bond motifs is 1. The number of anilines is 2. The van der Waals surface area contributed by atoms with Crippen molar-refractivity contribution in [1.29, 1.82) is 0 Å². The van der Waals surface area contributed by atoms with E-state index < -0.39 is 26.6 Å². The molecule has 0 aliphatic heterocycles. The normalized spacial score (nSPS) is 11.6. The van der Waals surface area contributed by atoms with Gasteiger partial charge in [-0.2, -0.15) is 4.98 Å². The van der Waals surface area contributed by atoms with E-state index in [0.717, 1.165) is 6.07 Å². The molecule has 0 aliphatic rings. The number of nitrogen functional groups attached to an aromatic ring is 1. The van der Waals surface area contributed by atoms with E-state index in [-0.39, 0.29) is 12.1 Å². The molecule has 0 aliphatic carbocycles. The Morgan fingerprint density at radius 3 is 2.57 bits per heavy atom. The molecule has 2 heterocycles. The van der Waals surface area contributed by atoms with E-state index in [1.54, 1.807) is 19.1 Å². The van der Waals surface area contributed by atoms with Gasteiger partial charge in [-0.05, 0) is 25.1 Å². The number of primary sulfonamides is 1. The average Bonchev–Trinajstić information content (AvgIpc) is 2.63. The van der Waals surface area contributed by atoms with Gasteiger partial charge in [0.15, 0.2) is 5.65 Å². The van der Waals surface area contributed by atoms with Gasteiger partial charge in [0.05, 0.1) is 24.2 Å². The maximum atomic E-state index is 14.5. The van der Waals surface area contributed by atoms with Gasteiger partial charge in [0.1, 0.15) is 16.5 Å². The second kappa shape index (κ2) is 7.17. The molecule has 3 rings (SSSR count). The lowest BCUT2D eigenvalue weighted by Crippen LogP contribution is -2.16. The van der Waals surface area contributed by atoms with E-state index >= 15 is 0 Å². The highest BCUT2D eigenvalue weighted by Crippen LogP contribution is 2.31. The van der Waals surface area contributed by atoms with Crippen LogP contribution in [-0.2, 0) is 16.6 Å². The maximum absolute atomic E-state index is 14.5. The molecule has 0 atom stereocenters. The number of nitrogens with two attached hydrogens (primary N) is 2. The van der Waals surface area contributed by atoms with Crippen molar-refractivity contribution in [2.24, 2.45) is 5.14 Å². The van der Waals surface area contributed by atoms with Gasteiger partial charge in [0.2, 0.25) is 15.9 Å². The smallest absolute Gasteiger partial charge is 0.241 e. The highest BCUT2D eigenvalue weighted by Gasteiger charge is 2.20. The minimum absolute atomic E-state index is 0.229. The Balaban J connectivity index is 2.05. The lowest BCUT2D eigenvalue weighted by atomic mass is 10.1. The first-order chi connectivity index (χ1) is 13.1. The number of methoxy groups -OCH3 is 1. The standard InChI is InChI=1S/C17H17F2N5O3S/c1-8-15(20)16(11-3-4-13(27-2)24-17(11)23-8)22-7-9-5-10(18)6-12(14(9)19)28(21,25)26/h3-6H,7,20H2,1-2H3,(H2,21,25,26)(H,22,23,24). The molecule has 3 aromatic rings. The first-order valence-corrected chi connectivity index (χ1v) is 9.52. The zero-order valence-electron chi connectivity index (χ0n) is 15.0. The Bertz CT molecular complexity index is 1190. The summed E-state index contributed by atoms with van der Waals surface area (Å²) in [4.78, 5) is 7.60. The highest BCUT2D eigenvalue weighted by atomic mass is 32.2. The second-order valence-electron chi connectivity index (χ2n) is 5.99. The Morgan fingerprint density at radius 2 is 1.93 bits per heavy atom. The summed E-state index contributed by atoms with van der Waals surface area (Å²) < 4.78 is 56.3. The zero-order chi connectivity index (χ0) is 20.6. The van der Waals surface area contributed by atoms with Gasteiger partial charge in [-0.3, -0.25) is 0 Å². The van der Waals surface area contributed by atoms with E-state index in [0.29, 0.717) is 40.0 Å². The topological polar surface area (TPSA) is 133 Å². The largest absolute Gasteiger partial charge is 0.481 e. The number of aromatic nitrogens is 2. The highest BCUT2D eigenvalue weighted by molar-refractivity contribution is 7.89. The molecule has 0 spiro atoms. The van der Waals surface area contributed by atoms with Crippen LogP contribution in [0.5, 0.6) is 5.88 Å². The SMILES string of the molecule is COc1ccc2c(NCc3cc(F)cc(S(N)(=O)=O)c3F)c(N)c(C)nc2n1. The molecule has 0 fully saturated rings. The maximum Gasteiger partial charge on any atom is 0.241 e. The first-order valence-electron chi connectivity index (χ1n) is 7.97. The van der Waals surface area contributed by atoms with Crippen LogP contribution in [0.25, 0.3) is 11.0 Å². The van der Waals surface area contributed by atoms with Crippen molar-refractivity contribution in [3.05, 3.63) is 47.2 Å². The molecule has 1 aromatic carbocycles. The van der Waals surface area contributed by atoms with Crippen LogP contribution in [0.15, 0.2) is 29.2 Å². The van der Waals surface area contributed by atoms with Crippen molar-refractivity contribution in [2.45, 2.75) is 18.4 Å². The monoisotopic (exact) mass is 409 g/mol. The van der Waals surface area contributed by atoms with Crippen molar-refractivity contribution in [3.63, 3.8) is 0 Å². The number of nitrogens with one attached hydrogen (secondary N) is 1. The van der Waals surface area contributed by atoms with Crippen molar-refractivity contribution in [1.82, 2.24) is 9.97 Å². The van der Waals surface area contributed by atoms with Gasteiger partial charge < -0.3 is 15.8 Å². The minimum Gasteiger partial charge on any atom is -0.481 e. The number of sulfonamides is 1. The third-order valence-corrected chi connectivity index (χ3v) is 5.01. The zero-order valence-corrected chi connectivity index (χ0v) is 15.8. The van der Waals surface area contributed by atoms with Crippen LogP contribution < -0.4 is 20.9 Å². The van der Waals surface area contributed by atoms with Crippen molar-refractivity contribution in [3.8, 4) is 5.88 Å². The second-order valence-corrected chi connectivity index (χ2v) is 7.52. The molecule has 0 saturated carbocycles. The molecule has 0 bridgehead atoms. The molecule has 28 heavy (non-hydrogen) atoms. The Morgan fingerprint density at radius 1 is 1.21 bits per heavy atom. The third kappa shape index (κ3) is 3.66. The molecule has 0 amide bonds. The number of pyridine rings is 2. The van der Waals surface area contributed by atoms with E-state index in [4.69, 9.17) is 15.6 Å². The van der Waals surface area contributed by atoms with E-state index in [9.17, 15) is 17.2 Å². The third-order valence-electron chi connectivity index (χ3n) is 4.10. The predicted molar refractivity (Wildman–Crippen MR) is 100 cm³/mol. The molecule has 148 valence electrons. The number of aryl methyl sites for hydroxylation is 1. The lowest BCUT2D eigenvalue weighted by Gasteiger charge is -2.15. The Labute approximate surface area is 159 Å². The summed E-state index contributed by atoms with van der Waals surface area (Å²) in [5.41, 5.74) is 7.37. The summed E-state index contributed by atoms with van der Waals surface area (Å²) in [5.74, 6) is -1.72. The molecular weight excluding hydrogens is 392 g/mol. The van der Waals surface area contributed by atoms with Crippen LogP contribution >= 0.6 is 0 Å². The summed E-state index contributed by atoms with van der Waals surface area (Å²) >= 11 is 0. The number of rotatable bonds is 5. The van der Waals surface area contributed by atoms with Gasteiger partial charge >= 0.3 is 0 Å². The van der Waals surface area contributed by atoms with Gasteiger partial charge in [-0.15, -0.1) is 0 Å². The van der Waals surface area contributed by atoms with Crippen LogP contribution in [0.1, 0.15) is 11.3 Å². The fourth-order valence-electron chi connectivity index (χ4n) is 2.70. The first kappa shape index (κ1) is 19.7. The van der Waals surface area contributed by atoms with Crippen LogP contribution in [0.3, 0.4) is 0 Å². The van der Waals surface area contributed by atoms with Crippen LogP contribution in [0.2, 0.25) is 0 Å². The molecule has 0 unspecified atom stereocenters. The van der Waals surface area contributed by atoms with E-state index in [2.05, 4.69) is 15.3 Å². The number of hydrogen-bond donors (Lipinski definition) is 3. The van der Waals surface area contributed by atoms with Gasteiger partial charge in [-0.25, -0.2) is 27.3 Å². The van der Waals surface area contributed by atoms with Crippen molar-refractivity contribution >= 4 is 32.4 Å². The summed E-state index contributed by atoms with van der Waals surface area (Å²) in [5, 5.41) is 8.39. The fourth-order valence-corrected chi connectivity index (χ4v) is 3.36. The molecule has 5 N–H and O–H groups in total. The summed E-state index contributed by atoms with van der Waals surface area (Å²) in [6, 6.07) is 4.69. The summed E-state index contributed by atoms with van der Waals surface area (Å²) in [6.07, 6.45) is 0. The number of ether oxygens (including phenoxy) is 1. The van der Waals surface area contributed by atoms with Gasteiger partial charge in [0.25, 0.3) is 0 Å². The minimum atomic E-state index is -4.42. The van der Waals surface area contributed by atoms with Crippen molar-refractivity contribution in [2.75, 3.05) is 18.2 Å². The Kier molecular flexibility index (Phi) is 5.04. The predicted octanol–water partition coefficient (Wildman–Crippen LogP) is 2.07. The Hall–Kier alpha value is -3.05. The quantitative estimate of drug-likeness (QED) is 0.587. The number of benzene rings is 1. The van der Waals surface area contributed by atoms with Crippen LogP contribution in [0, 0.1) is 18.6 Å². The average molecular weight is 409 g/mol. The molecule has 11 heteroatoms. The molecule has 8 nitrogen and oxygen atoms in total. The van der Waals surface area contributed by atoms with Crippen LogP contribution in [0.4, 0.5) is 20.2 Å². The van der Waals surface area contributed by atoms with Crippen LogP contribution in [-0.4, -0.2) is 25.5 Å². The van der Waals surface area contributed by atoms with Gasteiger partial charge in [0, 0.05) is 23.6 Å². The van der Waals surface area contributed by atoms with Gasteiger partial charge in [-0.1, -0.05) is 0 Å². The number of halogens is 2. The van der Waals surface area contributed by atoms with E-state index in [1.165, 1.54) is 7.11 Å². The summed E-state index contributed by atoms with van der Waals surface area (Å²) in [6.45, 7) is 1.42. The number of hydrogen-bond acceptors (Lipinski definition) is 7. The lowest BCUT2D eigenvalue weighted by molar-refractivity contribution is 0.399. The van der Waals surface area contributed by atoms with E-state index in [1.807, 2.05) is 0 Å². The summed E-state index contributed by atoms with van der Waals surface area (Å²) in [7, 11) is -2.95.